The average Bonchev–Trinajstić information content (AvgIpc) is 2.82. The molecule has 6 heteroatoms. The Kier molecular flexibility index (Phi) is 4.40. The van der Waals surface area contributed by atoms with Crippen molar-refractivity contribution in [1.29, 1.82) is 0 Å². The molecular formula is C18H16BrN3O2. The Balaban J connectivity index is 1.90. The Bertz CT molecular complexity index is 901. The molecule has 122 valence electrons. The van der Waals surface area contributed by atoms with E-state index in [9.17, 15) is 9.90 Å². The largest absolute Gasteiger partial charge is 0.478 e. The topological polar surface area (TPSA) is 81.1 Å². The van der Waals surface area contributed by atoms with Crippen LogP contribution in [-0.2, 0) is 6.54 Å². The molecule has 0 fully saturated rings. The van der Waals surface area contributed by atoms with Crippen molar-refractivity contribution in [1.82, 2.24) is 9.55 Å². The fourth-order valence-corrected chi connectivity index (χ4v) is 3.11. The van der Waals surface area contributed by atoms with Crippen molar-refractivity contribution >= 4 is 27.7 Å². The Morgan fingerprint density at radius 2 is 1.88 bits per heavy atom. The molecule has 0 bridgehead atoms. The van der Waals surface area contributed by atoms with Crippen LogP contribution in [0.1, 0.15) is 21.7 Å². The van der Waals surface area contributed by atoms with E-state index in [1.165, 1.54) is 0 Å². The standard InChI is InChI=1S/C18H16BrN3O2/c1-11-21-17(20)16(19)22(11)10-12-6-8-13(9-7-12)14-4-2-3-5-15(14)18(23)24/h2-9H,10,20H2,1H3,(H,23,24). The van der Waals surface area contributed by atoms with Gasteiger partial charge in [-0.15, -0.1) is 0 Å². The number of imidazole rings is 1. The van der Waals surface area contributed by atoms with Crippen LogP contribution in [0.25, 0.3) is 11.1 Å². The Hall–Kier alpha value is -2.60. The molecule has 0 saturated carbocycles. The first kappa shape index (κ1) is 16.3. The number of hydrogen-bond donors (Lipinski definition) is 2. The highest BCUT2D eigenvalue weighted by Gasteiger charge is 2.12. The molecule has 1 heterocycles. The highest BCUT2D eigenvalue weighted by molar-refractivity contribution is 9.10. The maximum Gasteiger partial charge on any atom is 0.336 e. The van der Waals surface area contributed by atoms with Gasteiger partial charge in [-0.25, -0.2) is 9.78 Å². The van der Waals surface area contributed by atoms with E-state index in [-0.39, 0.29) is 0 Å². The first-order valence-corrected chi connectivity index (χ1v) is 8.16. The second-order valence-electron chi connectivity index (χ2n) is 5.47. The van der Waals surface area contributed by atoms with Gasteiger partial charge in [0.1, 0.15) is 10.4 Å². The molecule has 1 aromatic heterocycles. The molecule has 24 heavy (non-hydrogen) atoms. The predicted octanol–water partition coefficient (Wildman–Crippen LogP) is 3.95. The van der Waals surface area contributed by atoms with Crippen LogP contribution in [0.2, 0.25) is 0 Å². The first-order valence-electron chi connectivity index (χ1n) is 7.37. The van der Waals surface area contributed by atoms with Gasteiger partial charge in [0, 0.05) is 6.54 Å². The highest BCUT2D eigenvalue weighted by atomic mass is 79.9. The number of anilines is 1. The number of halogens is 1. The van der Waals surface area contributed by atoms with Gasteiger partial charge in [-0.1, -0.05) is 42.5 Å². The van der Waals surface area contributed by atoms with E-state index in [1.54, 1.807) is 12.1 Å². The maximum absolute atomic E-state index is 11.4. The number of benzene rings is 2. The number of carboxylic acid groups (broad SMARTS) is 1. The van der Waals surface area contributed by atoms with E-state index >= 15 is 0 Å². The fraction of sp³-hybridized carbons (Fsp3) is 0.111. The summed E-state index contributed by atoms with van der Waals surface area (Å²) < 4.78 is 2.75. The molecule has 3 N–H and O–H groups in total. The lowest BCUT2D eigenvalue weighted by Gasteiger charge is -2.10. The third-order valence-electron chi connectivity index (χ3n) is 3.88. The van der Waals surface area contributed by atoms with Crippen molar-refractivity contribution < 1.29 is 9.90 Å². The van der Waals surface area contributed by atoms with Crippen LogP contribution in [0.5, 0.6) is 0 Å². The molecule has 0 spiro atoms. The van der Waals surface area contributed by atoms with Gasteiger partial charge in [0.15, 0.2) is 5.82 Å². The third kappa shape index (κ3) is 3.05. The molecule has 0 aliphatic heterocycles. The van der Waals surface area contributed by atoms with Gasteiger partial charge >= 0.3 is 5.97 Å². The van der Waals surface area contributed by atoms with Gasteiger partial charge < -0.3 is 15.4 Å². The summed E-state index contributed by atoms with van der Waals surface area (Å²) in [7, 11) is 0. The molecule has 0 unspecified atom stereocenters. The minimum atomic E-state index is -0.928. The van der Waals surface area contributed by atoms with E-state index < -0.39 is 5.97 Å². The predicted molar refractivity (Wildman–Crippen MR) is 97.0 cm³/mol. The molecule has 3 aromatic rings. The summed E-state index contributed by atoms with van der Waals surface area (Å²) in [5.74, 6) is 0.377. The Morgan fingerprint density at radius 1 is 1.21 bits per heavy atom. The number of carbonyl (C=O) groups is 1. The van der Waals surface area contributed by atoms with Crippen LogP contribution in [0, 0.1) is 6.92 Å². The van der Waals surface area contributed by atoms with E-state index in [4.69, 9.17) is 5.73 Å². The average molecular weight is 386 g/mol. The fourth-order valence-electron chi connectivity index (χ4n) is 2.64. The minimum absolute atomic E-state index is 0.297. The van der Waals surface area contributed by atoms with Gasteiger partial charge in [-0.3, -0.25) is 0 Å². The molecule has 3 rings (SSSR count). The van der Waals surface area contributed by atoms with Gasteiger partial charge in [0.2, 0.25) is 0 Å². The molecule has 2 aromatic carbocycles. The van der Waals surface area contributed by atoms with Crippen LogP contribution in [0.3, 0.4) is 0 Å². The summed E-state index contributed by atoms with van der Waals surface area (Å²) in [6.07, 6.45) is 0. The van der Waals surface area contributed by atoms with Gasteiger partial charge in [0.25, 0.3) is 0 Å². The lowest BCUT2D eigenvalue weighted by atomic mass is 9.99. The lowest BCUT2D eigenvalue weighted by molar-refractivity contribution is 0.0697. The summed E-state index contributed by atoms with van der Waals surface area (Å²) in [4.78, 5) is 15.6. The van der Waals surface area contributed by atoms with E-state index in [1.807, 2.05) is 47.9 Å². The number of nitrogen functional groups attached to an aromatic ring is 1. The smallest absolute Gasteiger partial charge is 0.336 e. The minimum Gasteiger partial charge on any atom is -0.478 e. The second kappa shape index (κ2) is 6.49. The number of aryl methyl sites for hydroxylation is 1. The lowest BCUT2D eigenvalue weighted by Crippen LogP contribution is -2.03. The van der Waals surface area contributed by atoms with Crippen molar-refractivity contribution in [3.63, 3.8) is 0 Å². The monoisotopic (exact) mass is 385 g/mol. The highest BCUT2D eigenvalue weighted by Crippen LogP contribution is 2.26. The summed E-state index contributed by atoms with van der Waals surface area (Å²) in [5.41, 5.74) is 8.76. The van der Waals surface area contributed by atoms with Crippen LogP contribution in [0.4, 0.5) is 5.82 Å². The van der Waals surface area contributed by atoms with E-state index in [0.29, 0.717) is 23.5 Å². The summed E-state index contributed by atoms with van der Waals surface area (Å²) in [6.45, 7) is 2.54. The van der Waals surface area contributed by atoms with Crippen LogP contribution >= 0.6 is 15.9 Å². The van der Waals surface area contributed by atoms with Crippen LogP contribution in [-0.4, -0.2) is 20.6 Å². The van der Waals surface area contributed by atoms with E-state index in [2.05, 4.69) is 20.9 Å². The van der Waals surface area contributed by atoms with Crippen molar-refractivity contribution in [3.8, 4) is 11.1 Å². The Labute approximate surface area is 147 Å². The van der Waals surface area contributed by atoms with Gasteiger partial charge in [-0.05, 0) is 45.6 Å². The third-order valence-corrected chi connectivity index (χ3v) is 4.72. The summed E-state index contributed by atoms with van der Waals surface area (Å²) in [5, 5.41) is 9.31. The van der Waals surface area contributed by atoms with Crippen molar-refractivity contribution in [3.05, 3.63) is 70.1 Å². The zero-order valence-electron chi connectivity index (χ0n) is 13.0. The number of carboxylic acids is 1. The molecule has 0 saturated heterocycles. The van der Waals surface area contributed by atoms with Gasteiger partial charge in [-0.2, -0.15) is 0 Å². The SMILES string of the molecule is Cc1nc(N)c(Br)n1Cc1ccc(-c2ccccc2C(=O)O)cc1. The number of nitrogens with zero attached hydrogens (tertiary/aromatic N) is 2. The van der Waals surface area contributed by atoms with E-state index in [0.717, 1.165) is 21.6 Å². The number of aromatic nitrogens is 2. The number of aromatic carboxylic acids is 1. The summed E-state index contributed by atoms with van der Waals surface area (Å²) in [6, 6.07) is 14.8. The number of hydrogen-bond acceptors (Lipinski definition) is 3. The van der Waals surface area contributed by atoms with Crippen molar-refractivity contribution in [2.75, 3.05) is 5.73 Å². The molecule has 5 nitrogen and oxygen atoms in total. The number of nitrogens with two attached hydrogens (primary N) is 1. The molecular weight excluding hydrogens is 370 g/mol. The number of rotatable bonds is 4. The summed E-state index contributed by atoms with van der Waals surface area (Å²) >= 11 is 3.45. The zero-order valence-corrected chi connectivity index (χ0v) is 14.6. The molecule has 0 aliphatic rings. The van der Waals surface area contributed by atoms with Gasteiger partial charge in [0.05, 0.1) is 5.56 Å². The molecule has 0 aliphatic carbocycles. The Morgan fingerprint density at radius 3 is 2.46 bits per heavy atom. The van der Waals surface area contributed by atoms with Crippen molar-refractivity contribution in [2.45, 2.75) is 13.5 Å². The molecule has 0 radical (unpaired) electrons. The second-order valence-corrected chi connectivity index (χ2v) is 6.22. The molecule has 0 atom stereocenters. The maximum atomic E-state index is 11.4. The quantitative estimate of drug-likeness (QED) is 0.712. The van der Waals surface area contributed by atoms with Crippen LogP contribution in [0.15, 0.2) is 53.1 Å². The van der Waals surface area contributed by atoms with Crippen LogP contribution < -0.4 is 5.73 Å². The normalized spacial score (nSPS) is 10.8. The molecule has 0 amide bonds. The zero-order chi connectivity index (χ0) is 17.3. The van der Waals surface area contributed by atoms with Crippen molar-refractivity contribution in [2.24, 2.45) is 0 Å². The first-order chi connectivity index (χ1) is 11.5.